The van der Waals surface area contributed by atoms with Gasteiger partial charge < -0.3 is 9.64 Å². The SMILES string of the molecule is CN1C(=O)Cc2cc(C(=O)Cc3cc(-c4ccccc4)ccc3NC(=O)OC(C)(C)C)ccc21. The molecule has 0 spiro atoms. The van der Waals surface area contributed by atoms with Crippen molar-refractivity contribution in [2.45, 2.75) is 39.2 Å². The highest BCUT2D eigenvalue weighted by Gasteiger charge is 2.25. The number of carbonyl (C=O) groups excluding carboxylic acids is 3. The van der Waals surface area contributed by atoms with Gasteiger partial charge in [-0.1, -0.05) is 36.4 Å². The van der Waals surface area contributed by atoms with E-state index in [2.05, 4.69) is 5.32 Å². The van der Waals surface area contributed by atoms with Gasteiger partial charge in [0, 0.05) is 30.4 Å². The van der Waals surface area contributed by atoms with Crippen LogP contribution in [-0.4, -0.2) is 30.4 Å². The Hall–Kier alpha value is -3.93. The van der Waals surface area contributed by atoms with Crippen LogP contribution < -0.4 is 10.2 Å². The molecule has 3 aromatic carbocycles. The third-order valence-electron chi connectivity index (χ3n) is 5.68. The first-order chi connectivity index (χ1) is 16.1. The predicted molar refractivity (Wildman–Crippen MR) is 133 cm³/mol. The molecule has 0 bridgehead atoms. The molecule has 1 N–H and O–H groups in total. The molecule has 1 heterocycles. The topological polar surface area (TPSA) is 75.7 Å². The number of likely N-dealkylation sites (N-methyl/N-ethyl adjacent to an activating group) is 1. The van der Waals surface area contributed by atoms with E-state index in [1.807, 2.05) is 48.5 Å². The summed E-state index contributed by atoms with van der Waals surface area (Å²) in [7, 11) is 1.74. The molecule has 6 heteroatoms. The lowest BCUT2D eigenvalue weighted by Crippen LogP contribution is -2.27. The van der Waals surface area contributed by atoms with Crippen LogP contribution in [0.5, 0.6) is 0 Å². The first-order valence-corrected chi connectivity index (χ1v) is 11.2. The zero-order chi connectivity index (χ0) is 24.5. The molecule has 0 unspecified atom stereocenters. The third-order valence-corrected chi connectivity index (χ3v) is 5.68. The summed E-state index contributed by atoms with van der Waals surface area (Å²) in [5.74, 6) is -0.0822. The van der Waals surface area contributed by atoms with Crippen molar-refractivity contribution >= 4 is 29.2 Å². The van der Waals surface area contributed by atoms with Crippen molar-refractivity contribution < 1.29 is 19.1 Å². The normalized spacial score (nSPS) is 12.9. The van der Waals surface area contributed by atoms with Gasteiger partial charge in [-0.05, 0) is 73.4 Å². The van der Waals surface area contributed by atoms with Gasteiger partial charge in [-0.2, -0.15) is 0 Å². The summed E-state index contributed by atoms with van der Waals surface area (Å²) in [6.07, 6.45) is -0.191. The highest BCUT2D eigenvalue weighted by Crippen LogP contribution is 2.30. The number of nitrogens with one attached hydrogen (secondary N) is 1. The van der Waals surface area contributed by atoms with Crippen molar-refractivity contribution in [2.75, 3.05) is 17.3 Å². The lowest BCUT2D eigenvalue weighted by Gasteiger charge is -2.21. The number of ketones is 1. The van der Waals surface area contributed by atoms with E-state index in [9.17, 15) is 14.4 Å². The zero-order valence-corrected chi connectivity index (χ0v) is 19.8. The lowest BCUT2D eigenvalue weighted by molar-refractivity contribution is -0.117. The first kappa shape index (κ1) is 23.2. The lowest BCUT2D eigenvalue weighted by atomic mass is 9.96. The number of anilines is 2. The summed E-state index contributed by atoms with van der Waals surface area (Å²) in [5, 5.41) is 2.79. The van der Waals surface area contributed by atoms with Crippen LogP contribution in [0.15, 0.2) is 66.7 Å². The number of fused-ring (bicyclic) bond motifs is 1. The minimum Gasteiger partial charge on any atom is -0.444 e. The largest absolute Gasteiger partial charge is 0.444 e. The Morgan fingerprint density at radius 1 is 0.971 bits per heavy atom. The minimum absolute atomic E-state index is 0.0130. The molecule has 1 aliphatic heterocycles. The fraction of sp³-hybridized carbons (Fsp3) is 0.250. The highest BCUT2D eigenvalue weighted by molar-refractivity contribution is 6.04. The molecule has 0 radical (unpaired) electrons. The number of hydrogen-bond donors (Lipinski definition) is 1. The fourth-order valence-corrected chi connectivity index (χ4v) is 4.00. The Kier molecular flexibility index (Phi) is 6.24. The molecule has 3 aromatic rings. The monoisotopic (exact) mass is 456 g/mol. The summed E-state index contributed by atoms with van der Waals surface area (Å²) >= 11 is 0. The number of amides is 2. The molecule has 1 aliphatic rings. The number of carbonyl (C=O) groups is 3. The van der Waals surface area contributed by atoms with Gasteiger partial charge in [0.2, 0.25) is 5.91 Å². The number of rotatable bonds is 5. The molecule has 0 saturated heterocycles. The summed E-state index contributed by atoms with van der Waals surface area (Å²) in [6, 6.07) is 20.8. The smallest absolute Gasteiger partial charge is 0.412 e. The van der Waals surface area contributed by atoms with Gasteiger partial charge in [0.15, 0.2) is 5.78 Å². The Morgan fingerprint density at radius 3 is 2.41 bits per heavy atom. The maximum atomic E-state index is 13.2. The van der Waals surface area contributed by atoms with Gasteiger partial charge in [-0.3, -0.25) is 14.9 Å². The second-order valence-electron chi connectivity index (χ2n) is 9.44. The van der Waals surface area contributed by atoms with Gasteiger partial charge in [-0.15, -0.1) is 0 Å². The molecule has 6 nitrogen and oxygen atoms in total. The van der Waals surface area contributed by atoms with Crippen LogP contribution in [0.3, 0.4) is 0 Å². The van der Waals surface area contributed by atoms with Crippen molar-refractivity contribution in [1.82, 2.24) is 0 Å². The molecule has 0 atom stereocenters. The minimum atomic E-state index is -0.640. The second kappa shape index (κ2) is 9.14. The standard InChI is InChI=1S/C28H28N2O4/c1-28(2,3)34-27(33)29-23-12-10-19(18-8-6-5-7-9-18)14-21(23)16-25(31)20-11-13-24-22(15-20)17-26(32)30(24)4/h5-15H,16-17H2,1-4H3,(H,29,33). The number of benzene rings is 3. The molecule has 0 saturated carbocycles. The van der Waals surface area contributed by atoms with Crippen molar-refractivity contribution in [3.8, 4) is 11.1 Å². The van der Waals surface area contributed by atoms with E-state index in [0.717, 1.165) is 22.4 Å². The molecule has 34 heavy (non-hydrogen) atoms. The summed E-state index contributed by atoms with van der Waals surface area (Å²) in [5.41, 5.74) is 4.75. The van der Waals surface area contributed by atoms with Crippen LogP contribution >= 0.6 is 0 Å². The molecule has 0 aliphatic carbocycles. The molecular weight excluding hydrogens is 428 g/mol. The molecule has 4 rings (SSSR count). The van der Waals surface area contributed by atoms with Crippen LogP contribution in [0, 0.1) is 0 Å². The van der Waals surface area contributed by atoms with Gasteiger partial charge in [0.05, 0.1) is 6.42 Å². The Balaban J connectivity index is 1.64. The van der Waals surface area contributed by atoms with Crippen molar-refractivity contribution in [1.29, 1.82) is 0 Å². The highest BCUT2D eigenvalue weighted by atomic mass is 16.6. The average molecular weight is 457 g/mol. The molecule has 0 fully saturated rings. The molecule has 174 valence electrons. The average Bonchev–Trinajstić information content (AvgIpc) is 3.07. The van der Waals surface area contributed by atoms with Crippen LogP contribution in [0.25, 0.3) is 11.1 Å². The van der Waals surface area contributed by atoms with E-state index in [0.29, 0.717) is 23.2 Å². The second-order valence-corrected chi connectivity index (χ2v) is 9.44. The van der Waals surface area contributed by atoms with Gasteiger partial charge in [-0.25, -0.2) is 4.79 Å². The fourth-order valence-electron chi connectivity index (χ4n) is 4.00. The zero-order valence-electron chi connectivity index (χ0n) is 19.8. The Morgan fingerprint density at radius 2 is 1.71 bits per heavy atom. The van der Waals surface area contributed by atoms with Crippen molar-refractivity contribution in [2.24, 2.45) is 0 Å². The summed E-state index contributed by atoms with van der Waals surface area (Å²) < 4.78 is 5.40. The number of hydrogen-bond acceptors (Lipinski definition) is 4. The first-order valence-electron chi connectivity index (χ1n) is 11.2. The van der Waals surface area contributed by atoms with Gasteiger partial charge in [0.1, 0.15) is 5.60 Å². The molecule has 2 amide bonds. The number of Topliss-reactive ketones (excluding diaryl/α,β-unsaturated/α-hetero) is 1. The van der Waals surface area contributed by atoms with E-state index >= 15 is 0 Å². The Labute approximate surface area is 199 Å². The van der Waals surface area contributed by atoms with E-state index < -0.39 is 11.7 Å². The van der Waals surface area contributed by atoms with E-state index in [1.165, 1.54) is 0 Å². The van der Waals surface area contributed by atoms with Crippen molar-refractivity contribution in [3.05, 3.63) is 83.4 Å². The van der Waals surface area contributed by atoms with E-state index in [4.69, 9.17) is 4.74 Å². The summed E-state index contributed by atoms with van der Waals surface area (Å²) in [6.45, 7) is 5.39. The van der Waals surface area contributed by atoms with E-state index in [1.54, 1.807) is 50.9 Å². The van der Waals surface area contributed by atoms with Crippen LogP contribution in [0.1, 0.15) is 42.3 Å². The van der Waals surface area contributed by atoms with Crippen LogP contribution in [0.2, 0.25) is 0 Å². The number of nitrogens with zero attached hydrogens (tertiary/aromatic N) is 1. The maximum absolute atomic E-state index is 13.2. The third kappa shape index (κ3) is 5.17. The van der Waals surface area contributed by atoms with Crippen LogP contribution in [0.4, 0.5) is 16.2 Å². The quantitative estimate of drug-likeness (QED) is 0.504. The maximum Gasteiger partial charge on any atom is 0.412 e. The van der Waals surface area contributed by atoms with Crippen molar-refractivity contribution in [3.63, 3.8) is 0 Å². The number of ether oxygens (including phenoxy) is 1. The molecule has 0 aromatic heterocycles. The van der Waals surface area contributed by atoms with Gasteiger partial charge in [0.25, 0.3) is 0 Å². The predicted octanol–water partition coefficient (Wildman–Crippen LogP) is 5.64. The summed E-state index contributed by atoms with van der Waals surface area (Å²) in [4.78, 5) is 39.3. The Bertz CT molecular complexity index is 1260. The van der Waals surface area contributed by atoms with Crippen LogP contribution in [-0.2, 0) is 22.4 Å². The van der Waals surface area contributed by atoms with Gasteiger partial charge >= 0.3 is 6.09 Å². The van der Waals surface area contributed by atoms with E-state index in [-0.39, 0.29) is 18.1 Å². The molecular formula is C28H28N2O4.